The van der Waals surface area contributed by atoms with Gasteiger partial charge in [-0.05, 0) is 6.92 Å². The van der Waals surface area contributed by atoms with Crippen molar-refractivity contribution in [3.63, 3.8) is 0 Å². The van der Waals surface area contributed by atoms with Crippen molar-refractivity contribution in [1.29, 1.82) is 0 Å². The number of aliphatic hydroxyl groups excluding tert-OH is 1. The number of nitrogens with zero attached hydrogens (tertiary/aromatic N) is 3. The highest BCUT2D eigenvalue weighted by Gasteiger charge is 2.25. The number of ether oxygens (including phenoxy) is 1. The van der Waals surface area contributed by atoms with Crippen LogP contribution in [0.5, 0.6) is 0 Å². The third-order valence-electron chi connectivity index (χ3n) is 3.25. The Morgan fingerprint density at radius 3 is 3.10 bits per heavy atom. The van der Waals surface area contributed by atoms with Crippen LogP contribution < -0.4 is 5.32 Å². The molecule has 3 rings (SSSR count). The molecule has 0 amide bonds. The fourth-order valence-corrected chi connectivity index (χ4v) is 2.31. The van der Waals surface area contributed by atoms with E-state index in [4.69, 9.17) is 14.4 Å². The molecular weight excluding hydrogens is 260 g/mol. The SMILES string of the molecule is Cc1cc(-c2cn(CCO)nc2[C@@H]2CNCCO2)on1. The van der Waals surface area contributed by atoms with E-state index < -0.39 is 0 Å². The Kier molecular flexibility index (Phi) is 3.81. The van der Waals surface area contributed by atoms with Crippen molar-refractivity contribution in [2.75, 3.05) is 26.3 Å². The summed E-state index contributed by atoms with van der Waals surface area (Å²) in [6.45, 7) is 4.59. The van der Waals surface area contributed by atoms with Crippen molar-refractivity contribution in [2.45, 2.75) is 19.6 Å². The molecule has 1 aliphatic heterocycles. The maximum absolute atomic E-state index is 9.06. The largest absolute Gasteiger partial charge is 0.394 e. The van der Waals surface area contributed by atoms with Crippen LogP contribution in [0.3, 0.4) is 0 Å². The first-order chi connectivity index (χ1) is 9.78. The van der Waals surface area contributed by atoms with Crippen LogP contribution in [0, 0.1) is 6.92 Å². The van der Waals surface area contributed by atoms with Gasteiger partial charge in [-0.15, -0.1) is 0 Å². The molecule has 0 saturated carbocycles. The Morgan fingerprint density at radius 1 is 1.55 bits per heavy atom. The van der Waals surface area contributed by atoms with Crippen molar-refractivity contribution in [1.82, 2.24) is 20.3 Å². The Morgan fingerprint density at radius 2 is 2.45 bits per heavy atom. The van der Waals surface area contributed by atoms with Gasteiger partial charge in [0, 0.05) is 25.4 Å². The normalized spacial score (nSPS) is 19.4. The highest BCUT2D eigenvalue weighted by atomic mass is 16.5. The molecule has 1 saturated heterocycles. The average molecular weight is 278 g/mol. The zero-order valence-corrected chi connectivity index (χ0v) is 11.4. The summed E-state index contributed by atoms with van der Waals surface area (Å²) in [7, 11) is 0. The van der Waals surface area contributed by atoms with Gasteiger partial charge in [0.2, 0.25) is 0 Å². The van der Waals surface area contributed by atoms with Crippen LogP contribution in [0.2, 0.25) is 0 Å². The van der Waals surface area contributed by atoms with Crippen molar-refractivity contribution in [3.8, 4) is 11.3 Å². The predicted octanol–water partition coefficient (Wildman–Crippen LogP) is 0.500. The van der Waals surface area contributed by atoms with E-state index in [-0.39, 0.29) is 12.7 Å². The zero-order chi connectivity index (χ0) is 13.9. The summed E-state index contributed by atoms with van der Waals surface area (Å²) < 4.78 is 12.8. The fourth-order valence-electron chi connectivity index (χ4n) is 2.31. The minimum atomic E-state index is -0.107. The number of hydrogen-bond donors (Lipinski definition) is 2. The molecule has 2 aromatic rings. The maximum atomic E-state index is 9.06. The van der Waals surface area contributed by atoms with Crippen molar-refractivity contribution < 1.29 is 14.4 Å². The van der Waals surface area contributed by atoms with E-state index in [0.717, 1.165) is 30.0 Å². The highest BCUT2D eigenvalue weighted by molar-refractivity contribution is 5.60. The van der Waals surface area contributed by atoms with E-state index in [1.807, 2.05) is 19.2 Å². The zero-order valence-electron chi connectivity index (χ0n) is 11.4. The Balaban J connectivity index is 1.97. The topological polar surface area (TPSA) is 85.3 Å². The van der Waals surface area contributed by atoms with Crippen molar-refractivity contribution in [2.24, 2.45) is 0 Å². The smallest absolute Gasteiger partial charge is 0.170 e. The summed E-state index contributed by atoms with van der Waals surface area (Å²) in [5.74, 6) is 0.677. The number of nitrogens with one attached hydrogen (secondary N) is 1. The van der Waals surface area contributed by atoms with Gasteiger partial charge < -0.3 is 19.7 Å². The highest BCUT2D eigenvalue weighted by Crippen LogP contribution is 2.30. The second-order valence-electron chi connectivity index (χ2n) is 4.81. The van der Waals surface area contributed by atoms with Crippen molar-refractivity contribution >= 4 is 0 Å². The van der Waals surface area contributed by atoms with Crippen LogP contribution in [0.25, 0.3) is 11.3 Å². The van der Waals surface area contributed by atoms with Crippen LogP contribution in [-0.4, -0.2) is 46.3 Å². The standard InChI is InChI=1S/C13H18N4O3/c1-9-6-11(20-16-9)10-8-17(3-4-18)15-13(10)12-7-14-2-5-19-12/h6,8,12,14,18H,2-5,7H2,1H3/t12-/m0/s1. The number of aromatic nitrogens is 3. The second-order valence-corrected chi connectivity index (χ2v) is 4.81. The Labute approximate surface area is 116 Å². The summed E-state index contributed by atoms with van der Waals surface area (Å²) in [4.78, 5) is 0. The van der Waals surface area contributed by atoms with Gasteiger partial charge in [0.15, 0.2) is 5.76 Å². The molecule has 0 aliphatic carbocycles. The molecule has 0 radical (unpaired) electrons. The molecule has 0 bridgehead atoms. The van der Waals surface area contributed by atoms with Gasteiger partial charge in [-0.1, -0.05) is 5.16 Å². The van der Waals surface area contributed by atoms with Gasteiger partial charge in [0.1, 0.15) is 11.8 Å². The molecule has 20 heavy (non-hydrogen) atoms. The molecule has 0 unspecified atom stereocenters. The summed E-state index contributed by atoms with van der Waals surface area (Å²) in [6.07, 6.45) is 1.76. The average Bonchev–Trinajstić information content (AvgIpc) is 3.06. The molecule has 1 fully saturated rings. The molecule has 7 heteroatoms. The Hall–Kier alpha value is -1.70. The molecule has 108 valence electrons. The first-order valence-corrected chi connectivity index (χ1v) is 6.72. The lowest BCUT2D eigenvalue weighted by Crippen LogP contribution is -2.33. The molecule has 2 aromatic heterocycles. The number of rotatable bonds is 4. The van der Waals surface area contributed by atoms with E-state index >= 15 is 0 Å². The monoisotopic (exact) mass is 278 g/mol. The molecule has 3 heterocycles. The third-order valence-corrected chi connectivity index (χ3v) is 3.25. The van der Waals surface area contributed by atoms with Gasteiger partial charge in [-0.25, -0.2) is 0 Å². The molecule has 2 N–H and O–H groups in total. The van der Waals surface area contributed by atoms with Gasteiger partial charge in [0.25, 0.3) is 0 Å². The Bertz CT molecular complexity index is 572. The fraction of sp³-hybridized carbons (Fsp3) is 0.538. The van der Waals surface area contributed by atoms with E-state index in [1.165, 1.54) is 0 Å². The minimum Gasteiger partial charge on any atom is -0.394 e. The van der Waals surface area contributed by atoms with E-state index in [2.05, 4.69) is 15.6 Å². The lowest BCUT2D eigenvalue weighted by Gasteiger charge is -2.22. The molecule has 0 aromatic carbocycles. The van der Waals surface area contributed by atoms with Gasteiger partial charge in [0.05, 0.1) is 31.0 Å². The second kappa shape index (κ2) is 5.74. The van der Waals surface area contributed by atoms with Crippen LogP contribution in [-0.2, 0) is 11.3 Å². The first kappa shape index (κ1) is 13.3. The predicted molar refractivity (Wildman–Crippen MR) is 71.1 cm³/mol. The number of morpholine rings is 1. The molecule has 7 nitrogen and oxygen atoms in total. The van der Waals surface area contributed by atoms with E-state index in [9.17, 15) is 0 Å². The van der Waals surface area contributed by atoms with Crippen LogP contribution in [0.4, 0.5) is 0 Å². The quantitative estimate of drug-likeness (QED) is 0.847. The van der Waals surface area contributed by atoms with E-state index in [1.54, 1.807) is 4.68 Å². The maximum Gasteiger partial charge on any atom is 0.170 e. The lowest BCUT2D eigenvalue weighted by atomic mass is 10.1. The molecular formula is C13H18N4O3. The number of aliphatic hydroxyl groups is 1. The van der Waals surface area contributed by atoms with Crippen LogP contribution >= 0.6 is 0 Å². The summed E-state index contributed by atoms with van der Waals surface area (Å²) in [6, 6.07) is 1.88. The summed E-state index contributed by atoms with van der Waals surface area (Å²) in [5.41, 5.74) is 2.51. The molecule has 1 atom stereocenters. The number of aryl methyl sites for hydroxylation is 1. The lowest BCUT2D eigenvalue weighted by molar-refractivity contribution is 0.0248. The van der Waals surface area contributed by atoms with Crippen LogP contribution in [0.1, 0.15) is 17.5 Å². The number of hydrogen-bond acceptors (Lipinski definition) is 6. The van der Waals surface area contributed by atoms with Crippen LogP contribution in [0.15, 0.2) is 16.8 Å². The summed E-state index contributed by atoms with van der Waals surface area (Å²) in [5, 5.41) is 20.8. The summed E-state index contributed by atoms with van der Waals surface area (Å²) >= 11 is 0. The first-order valence-electron chi connectivity index (χ1n) is 6.72. The van der Waals surface area contributed by atoms with E-state index in [0.29, 0.717) is 18.9 Å². The van der Waals surface area contributed by atoms with Gasteiger partial charge in [-0.3, -0.25) is 4.68 Å². The minimum absolute atomic E-state index is 0.0414. The molecule has 1 aliphatic rings. The van der Waals surface area contributed by atoms with Gasteiger partial charge >= 0.3 is 0 Å². The molecule has 0 spiro atoms. The van der Waals surface area contributed by atoms with Crippen molar-refractivity contribution in [3.05, 3.63) is 23.7 Å². The third kappa shape index (κ3) is 2.60. The van der Waals surface area contributed by atoms with Gasteiger partial charge in [-0.2, -0.15) is 5.10 Å².